The predicted molar refractivity (Wildman–Crippen MR) is 214 cm³/mol. The third kappa shape index (κ3) is 11.3. The lowest BCUT2D eigenvalue weighted by Gasteiger charge is -2.15. The van der Waals surface area contributed by atoms with E-state index in [1.807, 2.05) is 75.4 Å². The smallest absolute Gasteiger partial charge is 0.416 e. The first kappa shape index (κ1) is 41.6. The van der Waals surface area contributed by atoms with E-state index in [-0.39, 0.29) is 43.0 Å². The number of nitrogens with one attached hydrogen (secondary N) is 2. The van der Waals surface area contributed by atoms with Gasteiger partial charge in [-0.3, -0.25) is 5.32 Å². The van der Waals surface area contributed by atoms with E-state index in [2.05, 4.69) is 20.6 Å². The summed E-state index contributed by atoms with van der Waals surface area (Å²) >= 11 is 0. The lowest BCUT2D eigenvalue weighted by Crippen LogP contribution is -2.21. The normalized spacial score (nSPS) is 11.6. The minimum Gasteiger partial charge on any atom is -0.491 e. The Bertz CT molecular complexity index is 2300. The van der Waals surface area contributed by atoms with Gasteiger partial charge in [-0.15, -0.1) is 0 Å². The summed E-state index contributed by atoms with van der Waals surface area (Å²) in [6.45, 7) is 7.88. The fourth-order valence-electron chi connectivity index (χ4n) is 5.90. The molecule has 304 valence electrons. The molecule has 0 saturated carbocycles. The number of hydrogen-bond donors (Lipinski definition) is 2. The molecule has 0 aliphatic carbocycles. The number of anilines is 2. The first-order valence-corrected chi connectivity index (χ1v) is 18.7. The Morgan fingerprint density at radius 1 is 0.828 bits per heavy atom. The van der Waals surface area contributed by atoms with E-state index in [1.54, 1.807) is 30.0 Å². The van der Waals surface area contributed by atoms with Gasteiger partial charge in [0.25, 0.3) is 0 Å². The number of fused-ring (bicyclic) bond motifs is 1. The molecule has 0 spiro atoms. The van der Waals surface area contributed by atoms with E-state index in [1.165, 1.54) is 12.3 Å². The van der Waals surface area contributed by atoms with Crippen molar-refractivity contribution in [3.05, 3.63) is 125 Å². The van der Waals surface area contributed by atoms with Crippen molar-refractivity contribution >= 4 is 28.3 Å². The summed E-state index contributed by atoms with van der Waals surface area (Å²) in [5, 5.41) is 12.0. The summed E-state index contributed by atoms with van der Waals surface area (Å²) < 4.78 is 70.8. The van der Waals surface area contributed by atoms with Gasteiger partial charge in [-0.1, -0.05) is 55.8 Å². The number of carbonyl (C=O) groups excluding carboxylic acids is 1. The highest BCUT2D eigenvalue weighted by Gasteiger charge is 2.31. The number of benzene rings is 4. The Morgan fingerprint density at radius 3 is 2.28 bits per heavy atom. The van der Waals surface area contributed by atoms with Crippen LogP contribution in [0.5, 0.6) is 17.4 Å². The van der Waals surface area contributed by atoms with Crippen molar-refractivity contribution in [3.63, 3.8) is 0 Å². The monoisotopic (exact) mass is 798 g/mol. The number of nitrogens with zero attached hydrogens (tertiary/aromatic N) is 4. The van der Waals surface area contributed by atoms with Crippen LogP contribution in [0.3, 0.4) is 0 Å². The van der Waals surface area contributed by atoms with Crippen molar-refractivity contribution in [2.45, 2.75) is 39.3 Å². The Kier molecular flexibility index (Phi) is 13.9. The third-order valence-corrected chi connectivity index (χ3v) is 8.82. The van der Waals surface area contributed by atoms with Gasteiger partial charge in [0, 0.05) is 42.6 Å². The van der Waals surface area contributed by atoms with E-state index in [0.29, 0.717) is 60.0 Å². The van der Waals surface area contributed by atoms with E-state index in [0.717, 1.165) is 29.1 Å². The molecule has 0 atom stereocenters. The van der Waals surface area contributed by atoms with Gasteiger partial charge in [0.05, 0.1) is 55.7 Å². The van der Waals surface area contributed by atoms with Gasteiger partial charge >= 0.3 is 12.2 Å². The summed E-state index contributed by atoms with van der Waals surface area (Å²) in [5.74, 6) is 1.58. The molecule has 0 bridgehead atoms. The molecule has 6 aromatic rings. The quantitative estimate of drug-likeness (QED) is 0.0817. The molecule has 2 amide bonds. The van der Waals surface area contributed by atoms with Crippen molar-refractivity contribution < 1.29 is 41.7 Å². The number of alkyl halides is 3. The fraction of sp³-hybridized carbons (Fsp3) is 0.302. The van der Waals surface area contributed by atoms with Crippen LogP contribution in [0.2, 0.25) is 0 Å². The number of rotatable bonds is 18. The second-order valence-corrected chi connectivity index (χ2v) is 13.6. The Balaban J connectivity index is 1.13. The fourth-order valence-corrected chi connectivity index (χ4v) is 5.90. The summed E-state index contributed by atoms with van der Waals surface area (Å²) in [7, 11) is 1.58. The second kappa shape index (κ2) is 19.4. The van der Waals surface area contributed by atoms with E-state index in [4.69, 9.17) is 28.8 Å². The van der Waals surface area contributed by atoms with Crippen LogP contribution in [-0.4, -0.2) is 72.5 Å². The van der Waals surface area contributed by atoms with Gasteiger partial charge in [0.2, 0.25) is 5.88 Å². The van der Waals surface area contributed by atoms with Gasteiger partial charge in [-0.05, 0) is 60.9 Å². The molecule has 0 saturated heterocycles. The first-order chi connectivity index (χ1) is 28.0. The molecule has 0 radical (unpaired) electrons. The number of amides is 2. The molecule has 12 nitrogen and oxygen atoms in total. The molecule has 2 N–H and O–H groups in total. The molecule has 0 unspecified atom stereocenters. The molecule has 15 heteroatoms. The summed E-state index contributed by atoms with van der Waals surface area (Å²) in [5.41, 5.74) is 2.74. The number of carbonyl (C=O) groups is 1. The molecule has 2 aromatic heterocycles. The zero-order valence-corrected chi connectivity index (χ0v) is 32.6. The van der Waals surface area contributed by atoms with Crippen LogP contribution in [0.15, 0.2) is 97.2 Å². The largest absolute Gasteiger partial charge is 0.491 e. The minimum atomic E-state index is -4.60. The zero-order valence-electron chi connectivity index (χ0n) is 32.6. The molecular formula is C43H45F3N6O6. The molecule has 0 fully saturated rings. The maximum Gasteiger partial charge on any atom is 0.416 e. The van der Waals surface area contributed by atoms with Crippen LogP contribution < -0.4 is 20.1 Å². The Labute approximate surface area is 334 Å². The number of halogens is 3. The van der Waals surface area contributed by atoms with Crippen LogP contribution in [0.1, 0.15) is 48.0 Å². The lowest BCUT2D eigenvalue weighted by molar-refractivity contribution is -0.137. The van der Waals surface area contributed by atoms with E-state index < -0.39 is 17.8 Å². The van der Waals surface area contributed by atoms with Crippen molar-refractivity contribution in [1.82, 2.24) is 19.7 Å². The average Bonchev–Trinajstić information content (AvgIpc) is 3.62. The highest BCUT2D eigenvalue weighted by molar-refractivity contribution is 6.07. The van der Waals surface area contributed by atoms with Crippen molar-refractivity contribution in [2.24, 2.45) is 0 Å². The maximum atomic E-state index is 13.9. The SMILES string of the molecule is COCCOCCOCCOc1cc(Cc2nccc(Oc3ccc(NC(=O)Nc4cc(C(C)C)nn4-c4ccc(C)cc4)c4ccccc34)n2)cc(C(F)(F)F)c1. The van der Waals surface area contributed by atoms with Gasteiger partial charge < -0.3 is 29.0 Å². The molecular weight excluding hydrogens is 754 g/mol. The number of methoxy groups -OCH3 is 1. The van der Waals surface area contributed by atoms with Crippen LogP contribution in [-0.2, 0) is 26.8 Å². The molecule has 58 heavy (non-hydrogen) atoms. The van der Waals surface area contributed by atoms with Crippen LogP contribution in [0.4, 0.5) is 29.5 Å². The van der Waals surface area contributed by atoms with Crippen LogP contribution >= 0.6 is 0 Å². The van der Waals surface area contributed by atoms with Gasteiger partial charge in [0.1, 0.15) is 29.7 Å². The van der Waals surface area contributed by atoms with Gasteiger partial charge in [-0.2, -0.15) is 23.3 Å². The number of hydrogen-bond acceptors (Lipinski definition) is 9. The van der Waals surface area contributed by atoms with Crippen molar-refractivity contribution in [3.8, 4) is 23.1 Å². The van der Waals surface area contributed by atoms with Crippen LogP contribution in [0, 0.1) is 6.92 Å². The van der Waals surface area contributed by atoms with Gasteiger partial charge in [-0.25, -0.2) is 14.5 Å². The van der Waals surface area contributed by atoms with E-state index in [9.17, 15) is 18.0 Å². The highest BCUT2D eigenvalue weighted by Crippen LogP contribution is 2.35. The van der Waals surface area contributed by atoms with Gasteiger partial charge in [0.15, 0.2) is 0 Å². The number of ether oxygens (including phenoxy) is 5. The van der Waals surface area contributed by atoms with E-state index >= 15 is 0 Å². The first-order valence-electron chi connectivity index (χ1n) is 18.7. The minimum absolute atomic E-state index is 0.0208. The summed E-state index contributed by atoms with van der Waals surface area (Å²) in [6.07, 6.45) is -3.14. The Morgan fingerprint density at radius 2 is 1.55 bits per heavy atom. The number of aryl methyl sites for hydroxylation is 1. The number of urea groups is 1. The predicted octanol–water partition coefficient (Wildman–Crippen LogP) is 9.35. The molecule has 2 heterocycles. The average molecular weight is 799 g/mol. The van der Waals surface area contributed by atoms with Crippen molar-refractivity contribution in [2.75, 3.05) is 57.4 Å². The molecule has 6 rings (SSSR count). The molecule has 0 aliphatic rings. The maximum absolute atomic E-state index is 13.9. The summed E-state index contributed by atoms with van der Waals surface area (Å²) in [4.78, 5) is 22.2. The summed E-state index contributed by atoms with van der Waals surface area (Å²) in [6, 6.07) is 25.2. The molecule has 4 aromatic carbocycles. The van der Waals surface area contributed by atoms with Crippen molar-refractivity contribution in [1.29, 1.82) is 0 Å². The number of aromatic nitrogens is 4. The molecule has 0 aliphatic heterocycles. The Hall–Kier alpha value is -6.03. The lowest BCUT2D eigenvalue weighted by atomic mass is 10.1. The van der Waals surface area contributed by atoms with Crippen LogP contribution in [0.25, 0.3) is 16.5 Å². The third-order valence-electron chi connectivity index (χ3n) is 8.82. The topological polar surface area (TPSA) is 131 Å². The second-order valence-electron chi connectivity index (χ2n) is 13.6. The highest BCUT2D eigenvalue weighted by atomic mass is 19.4. The standard InChI is InChI=1S/C43H45F3N6O6/c1-28(2)37-27-40(52(51-37)32-11-9-29(3)10-12-32)50-42(53)48-36-13-14-38(35-8-6-5-7-34(35)36)58-41-15-16-47-39(49-41)25-30-23-31(43(44,45)46)26-33(24-30)57-22-21-56-20-19-55-18-17-54-4/h5-16,23-24,26-28H,17-22,25H2,1-4H3,(H2,48,50,53). The zero-order chi connectivity index (χ0) is 41.1.